The van der Waals surface area contributed by atoms with Gasteiger partial charge in [0.15, 0.2) is 15.5 Å². The standard InChI is InChI=1S/C24H23N5O4S2/c1-14-22-19(24(31)26-17-6-3-5-16(11-17)25-15(2)30)12-20(21-7-4-9-34-21)27-23(22)29(28-14)18-8-10-35(32,33)13-18/h3-7,9,11-12,18H,8,10,13H2,1-2H3,(H,25,30)(H,26,31). The van der Waals surface area contributed by atoms with Gasteiger partial charge in [0, 0.05) is 18.3 Å². The van der Waals surface area contributed by atoms with Gasteiger partial charge in [0.25, 0.3) is 5.91 Å². The number of aryl methyl sites for hydroxylation is 1. The summed E-state index contributed by atoms with van der Waals surface area (Å²) in [5.74, 6) is -0.439. The molecule has 4 aromatic rings. The monoisotopic (exact) mass is 509 g/mol. The number of hydrogen-bond donors (Lipinski definition) is 2. The molecule has 0 saturated carbocycles. The Bertz CT molecular complexity index is 1560. The number of nitrogens with one attached hydrogen (secondary N) is 2. The lowest BCUT2D eigenvalue weighted by Gasteiger charge is -2.12. The van der Waals surface area contributed by atoms with Crippen molar-refractivity contribution in [1.29, 1.82) is 0 Å². The van der Waals surface area contributed by atoms with E-state index in [1.165, 1.54) is 18.3 Å². The van der Waals surface area contributed by atoms with Crippen LogP contribution in [0.4, 0.5) is 11.4 Å². The first-order valence-electron chi connectivity index (χ1n) is 11.0. The summed E-state index contributed by atoms with van der Waals surface area (Å²) in [5.41, 5.74) is 3.20. The second-order valence-corrected chi connectivity index (χ2v) is 11.7. The van der Waals surface area contributed by atoms with Gasteiger partial charge in [-0.15, -0.1) is 11.3 Å². The maximum Gasteiger partial charge on any atom is 0.256 e. The Balaban J connectivity index is 1.60. The maximum absolute atomic E-state index is 13.5. The fourth-order valence-electron chi connectivity index (χ4n) is 4.34. The zero-order chi connectivity index (χ0) is 24.7. The van der Waals surface area contributed by atoms with Gasteiger partial charge in [-0.2, -0.15) is 5.10 Å². The van der Waals surface area contributed by atoms with E-state index in [1.54, 1.807) is 41.9 Å². The van der Waals surface area contributed by atoms with Crippen molar-refractivity contribution in [2.45, 2.75) is 26.3 Å². The number of amides is 2. The number of carbonyl (C=O) groups is 2. The molecule has 1 unspecified atom stereocenters. The molecule has 1 saturated heterocycles. The molecule has 2 N–H and O–H groups in total. The molecule has 0 bridgehead atoms. The number of fused-ring (bicyclic) bond motifs is 1. The first-order valence-corrected chi connectivity index (χ1v) is 13.7. The van der Waals surface area contributed by atoms with Crippen molar-refractivity contribution in [3.8, 4) is 10.6 Å². The van der Waals surface area contributed by atoms with Gasteiger partial charge in [-0.1, -0.05) is 12.1 Å². The number of thiophene rings is 1. The van der Waals surface area contributed by atoms with E-state index >= 15 is 0 Å². The van der Waals surface area contributed by atoms with E-state index in [9.17, 15) is 18.0 Å². The SMILES string of the molecule is CC(=O)Nc1cccc(NC(=O)c2cc(-c3cccs3)nc3c2c(C)nn3C2CCS(=O)(=O)C2)c1. The lowest BCUT2D eigenvalue weighted by molar-refractivity contribution is -0.114. The van der Waals surface area contributed by atoms with E-state index in [1.807, 2.05) is 17.5 Å². The van der Waals surface area contributed by atoms with E-state index in [-0.39, 0.29) is 29.4 Å². The van der Waals surface area contributed by atoms with Gasteiger partial charge in [0.2, 0.25) is 5.91 Å². The van der Waals surface area contributed by atoms with Crippen molar-refractivity contribution in [2.75, 3.05) is 22.1 Å². The van der Waals surface area contributed by atoms with E-state index in [2.05, 4.69) is 15.7 Å². The molecule has 3 aromatic heterocycles. The van der Waals surface area contributed by atoms with Crippen LogP contribution in [0.5, 0.6) is 0 Å². The minimum absolute atomic E-state index is 0.00556. The number of carbonyl (C=O) groups excluding carboxylic acids is 2. The molecule has 35 heavy (non-hydrogen) atoms. The molecule has 0 spiro atoms. The van der Waals surface area contributed by atoms with Gasteiger partial charge in [-0.25, -0.2) is 18.1 Å². The van der Waals surface area contributed by atoms with Crippen molar-refractivity contribution in [3.63, 3.8) is 0 Å². The average Bonchev–Trinajstić information content (AvgIpc) is 3.52. The molecule has 1 fully saturated rings. The van der Waals surface area contributed by atoms with Crippen LogP contribution in [0.25, 0.3) is 21.6 Å². The van der Waals surface area contributed by atoms with Crippen molar-refractivity contribution in [2.24, 2.45) is 0 Å². The zero-order valence-corrected chi connectivity index (χ0v) is 20.7. The molecule has 0 radical (unpaired) electrons. The summed E-state index contributed by atoms with van der Waals surface area (Å²) < 4.78 is 25.9. The Morgan fingerprint density at radius 1 is 1.11 bits per heavy atom. The van der Waals surface area contributed by atoms with Crippen LogP contribution < -0.4 is 10.6 Å². The molecule has 1 aliphatic heterocycles. The van der Waals surface area contributed by atoms with Gasteiger partial charge in [-0.05, 0) is 49.1 Å². The summed E-state index contributed by atoms with van der Waals surface area (Å²) >= 11 is 1.50. The molecule has 180 valence electrons. The van der Waals surface area contributed by atoms with Crippen molar-refractivity contribution < 1.29 is 18.0 Å². The van der Waals surface area contributed by atoms with Crippen molar-refractivity contribution in [3.05, 3.63) is 59.1 Å². The van der Waals surface area contributed by atoms with Crippen LogP contribution in [-0.2, 0) is 14.6 Å². The molecular formula is C24H23N5O4S2. The fraction of sp³-hybridized carbons (Fsp3) is 0.250. The Kier molecular flexibility index (Phi) is 5.89. The summed E-state index contributed by atoms with van der Waals surface area (Å²) in [6, 6.07) is 12.1. The molecule has 1 atom stereocenters. The third-order valence-electron chi connectivity index (χ3n) is 5.85. The Labute approximate surface area is 206 Å². The highest BCUT2D eigenvalue weighted by atomic mass is 32.2. The van der Waals surface area contributed by atoms with E-state index < -0.39 is 9.84 Å². The van der Waals surface area contributed by atoms with Crippen LogP contribution in [-0.4, -0.2) is 46.5 Å². The Hall–Kier alpha value is -3.57. The summed E-state index contributed by atoms with van der Waals surface area (Å²) in [4.78, 5) is 30.6. The quantitative estimate of drug-likeness (QED) is 0.419. The molecule has 2 amide bonds. The van der Waals surface area contributed by atoms with Gasteiger partial charge in [0.1, 0.15) is 0 Å². The highest BCUT2D eigenvalue weighted by Crippen LogP contribution is 2.33. The Morgan fingerprint density at radius 2 is 1.89 bits per heavy atom. The van der Waals surface area contributed by atoms with Crippen LogP contribution in [0.15, 0.2) is 47.8 Å². The molecule has 5 rings (SSSR count). The summed E-state index contributed by atoms with van der Waals surface area (Å²) in [7, 11) is -3.13. The van der Waals surface area contributed by atoms with Gasteiger partial charge >= 0.3 is 0 Å². The number of hydrogen-bond acceptors (Lipinski definition) is 7. The number of aromatic nitrogens is 3. The van der Waals surface area contributed by atoms with Crippen LogP contribution >= 0.6 is 11.3 Å². The highest BCUT2D eigenvalue weighted by Gasteiger charge is 2.32. The second-order valence-electron chi connectivity index (χ2n) is 8.53. The molecule has 1 aromatic carbocycles. The number of sulfone groups is 1. The van der Waals surface area contributed by atoms with E-state index in [0.717, 1.165) is 4.88 Å². The molecule has 11 heteroatoms. The summed E-state index contributed by atoms with van der Waals surface area (Å²) in [5, 5.41) is 12.8. The Morgan fingerprint density at radius 3 is 2.54 bits per heavy atom. The van der Waals surface area contributed by atoms with Gasteiger partial charge < -0.3 is 10.6 Å². The molecule has 1 aliphatic rings. The smallest absolute Gasteiger partial charge is 0.256 e. The van der Waals surface area contributed by atoms with Crippen LogP contribution in [0.3, 0.4) is 0 Å². The van der Waals surface area contributed by atoms with Gasteiger partial charge in [0.05, 0.1) is 44.8 Å². The molecule has 4 heterocycles. The first kappa shape index (κ1) is 23.2. The average molecular weight is 510 g/mol. The molecule has 0 aliphatic carbocycles. The van der Waals surface area contributed by atoms with Crippen molar-refractivity contribution >= 4 is 55.4 Å². The second kappa shape index (κ2) is 8.90. The lowest BCUT2D eigenvalue weighted by atomic mass is 10.1. The minimum Gasteiger partial charge on any atom is -0.326 e. The normalized spacial score (nSPS) is 16.9. The number of pyridine rings is 1. The zero-order valence-electron chi connectivity index (χ0n) is 19.1. The molecule has 9 nitrogen and oxygen atoms in total. The number of anilines is 2. The number of benzene rings is 1. The predicted octanol–water partition coefficient (Wildman–Crippen LogP) is 4.04. The number of rotatable bonds is 5. The number of nitrogens with zero attached hydrogens (tertiary/aromatic N) is 3. The molecular weight excluding hydrogens is 486 g/mol. The fourth-order valence-corrected chi connectivity index (χ4v) is 6.72. The van der Waals surface area contributed by atoms with Gasteiger partial charge in [-0.3, -0.25) is 9.59 Å². The third kappa shape index (κ3) is 4.69. The van der Waals surface area contributed by atoms with Crippen molar-refractivity contribution in [1.82, 2.24) is 14.8 Å². The maximum atomic E-state index is 13.5. The largest absolute Gasteiger partial charge is 0.326 e. The van der Waals surface area contributed by atoms with Crippen LogP contribution in [0, 0.1) is 6.92 Å². The predicted molar refractivity (Wildman–Crippen MR) is 137 cm³/mol. The van der Waals surface area contributed by atoms with E-state index in [4.69, 9.17) is 4.98 Å². The summed E-state index contributed by atoms with van der Waals surface area (Å²) in [6.45, 7) is 3.21. The topological polar surface area (TPSA) is 123 Å². The minimum atomic E-state index is -3.13. The first-order chi connectivity index (χ1) is 16.7. The van der Waals surface area contributed by atoms with Crippen LogP contribution in [0.2, 0.25) is 0 Å². The van der Waals surface area contributed by atoms with Crippen LogP contribution in [0.1, 0.15) is 35.4 Å². The summed E-state index contributed by atoms with van der Waals surface area (Å²) in [6.07, 6.45) is 0.459. The third-order valence-corrected chi connectivity index (χ3v) is 8.49. The lowest BCUT2D eigenvalue weighted by Crippen LogP contribution is -2.15. The highest BCUT2D eigenvalue weighted by molar-refractivity contribution is 7.91. The van der Waals surface area contributed by atoms with E-state index in [0.29, 0.717) is 45.8 Å².